The zero-order valence-electron chi connectivity index (χ0n) is 14.8. The van der Waals surface area contributed by atoms with Gasteiger partial charge in [-0.15, -0.1) is 0 Å². The van der Waals surface area contributed by atoms with Crippen LogP contribution in [-0.4, -0.2) is 35.2 Å². The molecule has 1 saturated heterocycles. The van der Waals surface area contributed by atoms with E-state index >= 15 is 0 Å². The second-order valence-electron chi connectivity index (χ2n) is 7.03. The van der Waals surface area contributed by atoms with Crippen molar-refractivity contribution < 1.29 is 18.8 Å². The van der Waals surface area contributed by atoms with Crippen LogP contribution in [0.1, 0.15) is 35.4 Å². The van der Waals surface area contributed by atoms with Crippen LogP contribution in [0.3, 0.4) is 0 Å². The van der Waals surface area contributed by atoms with E-state index in [2.05, 4.69) is 10.6 Å². The standard InChI is InChI=1S/C20H21N3O4/c24-18-10-14(12-23(18)16-6-7-16)19(25)21-11-13-3-1-4-15(9-13)22-20(26)17-5-2-8-27-17/h1-5,8-9,14,16H,6-7,10-12H2,(H,21,25)(H,22,26). The lowest BCUT2D eigenvalue weighted by Gasteiger charge is -2.15. The largest absolute Gasteiger partial charge is 0.459 e. The smallest absolute Gasteiger partial charge is 0.291 e. The Morgan fingerprint density at radius 1 is 1.19 bits per heavy atom. The van der Waals surface area contributed by atoms with Gasteiger partial charge >= 0.3 is 0 Å². The summed E-state index contributed by atoms with van der Waals surface area (Å²) in [6.07, 6.45) is 3.84. The molecule has 140 valence electrons. The van der Waals surface area contributed by atoms with E-state index in [4.69, 9.17) is 4.42 Å². The number of furan rings is 1. The maximum Gasteiger partial charge on any atom is 0.291 e. The number of carbonyl (C=O) groups excluding carboxylic acids is 3. The highest BCUT2D eigenvalue weighted by Crippen LogP contribution is 2.32. The predicted molar refractivity (Wildman–Crippen MR) is 97.8 cm³/mol. The fraction of sp³-hybridized carbons (Fsp3) is 0.350. The SMILES string of the molecule is O=C(Nc1cccc(CNC(=O)C2CC(=O)N(C3CC3)C2)c1)c1ccco1. The van der Waals surface area contributed by atoms with Gasteiger partial charge in [-0.05, 0) is 42.7 Å². The molecule has 0 radical (unpaired) electrons. The molecule has 1 unspecified atom stereocenters. The first-order chi connectivity index (χ1) is 13.1. The Labute approximate surface area is 156 Å². The van der Waals surface area contributed by atoms with Crippen LogP contribution in [0.5, 0.6) is 0 Å². The molecule has 7 heteroatoms. The average molecular weight is 367 g/mol. The van der Waals surface area contributed by atoms with Crippen LogP contribution < -0.4 is 10.6 Å². The first kappa shape index (κ1) is 17.3. The first-order valence-electron chi connectivity index (χ1n) is 9.11. The predicted octanol–water partition coefficient (Wildman–Crippen LogP) is 2.16. The van der Waals surface area contributed by atoms with Crippen LogP contribution in [0.25, 0.3) is 0 Å². The van der Waals surface area contributed by atoms with Gasteiger partial charge in [-0.1, -0.05) is 12.1 Å². The Bertz CT molecular complexity index is 858. The minimum absolute atomic E-state index is 0.0836. The summed E-state index contributed by atoms with van der Waals surface area (Å²) >= 11 is 0. The number of amides is 3. The van der Waals surface area contributed by atoms with Crippen LogP contribution in [0, 0.1) is 5.92 Å². The summed E-state index contributed by atoms with van der Waals surface area (Å²) in [5, 5.41) is 5.66. The number of nitrogens with zero attached hydrogens (tertiary/aromatic N) is 1. The van der Waals surface area contributed by atoms with Crippen molar-refractivity contribution in [2.24, 2.45) is 5.92 Å². The van der Waals surface area contributed by atoms with E-state index in [-0.39, 0.29) is 29.4 Å². The number of hydrogen-bond acceptors (Lipinski definition) is 4. The molecule has 1 atom stereocenters. The summed E-state index contributed by atoms with van der Waals surface area (Å²) in [4.78, 5) is 38.3. The van der Waals surface area contributed by atoms with Crippen molar-refractivity contribution in [3.8, 4) is 0 Å². The topological polar surface area (TPSA) is 91.7 Å². The number of anilines is 1. The minimum Gasteiger partial charge on any atom is -0.459 e. The van der Waals surface area contributed by atoms with E-state index in [1.807, 2.05) is 17.0 Å². The summed E-state index contributed by atoms with van der Waals surface area (Å²) in [5.41, 5.74) is 1.49. The Hall–Kier alpha value is -3.09. The van der Waals surface area contributed by atoms with E-state index in [1.165, 1.54) is 6.26 Å². The molecule has 2 heterocycles. The van der Waals surface area contributed by atoms with E-state index in [1.54, 1.807) is 24.3 Å². The van der Waals surface area contributed by atoms with Gasteiger partial charge in [-0.3, -0.25) is 14.4 Å². The molecule has 0 spiro atoms. The van der Waals surface area contributed by atoms with Gasteiger partial charge in [0.15, 0.2) is 5.76 Å². The Morgan fingerprint density at radius 2 is 2.04 bits per heavy atom. The first-order valence-corrected chi connectivity index (χ1v) is 9.11. The fourth-order valence-corrected chi connectivity index (χ4v) is 3.34. The Balaban J connectivity index is 1.31. The minimum atomic E-state index is -0.328. The number of benzene rings is 1. The maximum absolute atomic E-state index is 12.4. The zero-order chi connectivity index (χ0) is 18.8. The maximum atomic E-state index is 12.4. The Morgan fingerprint density at radius 3 is 2.78 bits per heavy atom. The molecule has 1 aliphatic carbocycles. The molecule has 2 aliphatic rings. The number of hydrogen-bond donors (Lipinski definition) is 2. The zero-order valence-corrected chi connectivity index (χ0v) is 14.8. The van der Waals surface area contributed by atoms with Crippen LogP contribution in [0.2, 0.25) is 0 Å². The van der Waals surface area contributed by atoms with Gasteiger partial charge in [0.1, 0.15) is 0 Å². The van der Waals surface area contributed by atoms with Crippen LogP contribution in [0.4, 0.5) is 5.69 Å². The van der Waals surface area contributed by atoms with Crippen molar-refractivity contribution >= 4 is 23.4 Å². The van der Waals surface area contributed by atoms with E-state index in [0.717, 1.165) is 18.4 Å². The van der Waals surface area contributed by atoms with Crippen LogP contribution >= 0.6 is 0 Å². The van der Waals surface area contributed by atoms with Gasteiger partial charge in [0.2, 0.25) is 11.8 Å². The number of carbonyl (C=O) groups is 3. The van der Waals surface area contributed by atoms with Gasteiger partial charge in [0, 0.05) is 31.2 Å². The molecular weight excluding hydrogens is 346 g/mol. The van der Waals surface area contributed by atoms with Crippen LogP contribution in [-0.2, 0) is 16.1 Å². The lowest BCUT2D eigenvalue weighted by molar-refractivity contribution is -0.129. The van der Waals surface area contributed by atoms with E-state index < -0.39 is 0 Å². The van der Waals surface area contributed by atoms with E-state index in [9.17, 15) is 14.4 Å². The third kappa shape index (κ3) is 4.02. The highest BCUT2D eigenvalue weighted by Gasteiger charge is 2.41. The molecule has 1 saturated carbocycles. The molecule has 1 aromatic carbocycles. The second-order valence-corrected chi connectivity index (χ2v) is 7.03. The van der Waals surface area contributed by atoms with Crippen molar-refractivity contribution in [1.82, 2.24) is 10.2 Å². The summed E-state index contributed by atoms with van der Waals surface area (Å²) in [5.74, 6) is -0.387. The molecule has 1 aliphatic heterocycles. The Kier molecular flexibility index (Phi) is 4.66. The average Bonchev–Trinajstić information content (AvgIpc) is 3.19. The number of nitrogens with one attached hydrogen (secondary N) is 2. The second kappa shape index (κ2) is 7.26. The van der Waals surface area contributed by atoms with Gasteiger partial charge in [-0.2, -0.15) is 0 Å². The molecule has 0 bridgehead atoms. The molecule has 2 N–H and O–H groups in total. The highest BCUT2D eigenvalue weighted by molar-refractivity contribution is 6.02. The molecule has 27 heavy (non-hydrogen) atoms. The molecule has 7 nitrogen and oxygen atoms in total. The van der Waals surface area contributed by atoms with E-state index in [0.29, 0.717) is 31.2 Å². The summed E-state index contributed by atoms with van der Waals surface area (Å²) in [7, 11) is 0. The van der Waals surface area contributed by atoms with Crippen molar-refractivity contribution in [2.45, 2.75) is 31.8 Å². The molecule has 2 aromatic rings. The molecule has 1 aromatic heterocycles. The van der Waals surface area contributed by atoms with Crippen molar-refractivity contribution in [3.63, 3.8) is 0 Å². The van der Waals surface area contributed by atoms with Crippen LogP contribution in [0.15, 0.2) is 47.1 Å². The lowest BCUT2D eigenvalue weighted by Crippen LogP contribution is -2.33. The van der Waals surface area contributed by atoms with Crippen molar-refractivity contribution in [1.29, 1.82) is 0 Å². The van der Waals surface area contributed by atoms with Crippen molar-refractivity contribution in [2.75, 3.05) is 11.9 Å². The summed E-state index contributed by atoms with van der Waals surface area (Å²) in [6, 6.07) is 10.9. The highest BCUT2D eigenvalue weighted by atomic mass is 16.3. The number of rotatable bonds is 6. The summed E-state index contributed by atoms with van der Waals surface area (Å²) in [6.45, 7) is 0.867. The molecular formula is C20H21N3O4. The van der Waals surface area contributed by atoms with Gasteiger partial charge in [-0.25, -0.2) is 0 Å². The molecule has 4 rings (SSSR count). The molecule has 3 amide bonds. The quantitative estimate of drug-likeness (QED) is 0.818. The fourth-order valence-electron chi connectivity index (χ4n) is 3.34. The monoisotopic (exact) mass is 367 g/mol. The van der Waals surface area contributed by atoms with Gasteiger partial charge in [0.05, 0.1) is 12.2 Å². The molecule has 2 fully saturated rings. The van der Waals surface area contributed by atoms with Crippen molar-refractivity contribution in [3.05, 3.63) is 54.0 Å². The van der Waals surface area contributed by atoms with Gasteiger partial charge in [0.25, 0.3) is 5.91 Å². The lowest BCUT2D eigenvalue weighted by atomic mass is 10.1. The third-order valence-electron chi connectivity index (χ3n) is 4.91. The third-order valence-corrected chi connectivity index (χ3v) is 4.91. The summed E-state index contributed by atoms with van der Waals surface area (Å²) < 4.78 is 5.07. The van der Waals surface area contributed by atoms with Gasteiger partial charge < -0.3 is 20.0 Å². The normalized spacial score (nSPS) is 19.2. The number of likely N-dealkylation sites (tertiary alicyclic amines) is 1.